The number of fused-ring (bicyclic) bond motifs is 2. The summed E-state index contributed by atoms with van der Waals surface area (Å²) in [6, 6.07) is 9.77. The highest BCUT2D eigenvalue weighted by Gasteiger charge is 2.25. The smallest absolute Gasteiger partial charge is 0.328 e. The number of benzene rings is 2. The van der Waals surface area contributed by atoms with Crippen molar-refractivity contribution in [3.8, 4) is 0 Å². The van der Waals surface area contributed by atoms with Crippen LogP contribution in [0.25, 0.3) is 21.9 Å². The topological polar surface area (TPSA) is 197 Å². The van der Waals surface area contributed by atoms with Gasteiger partial charge in [-0.05, 0) is 37.8 Å². The van der Waals surface area contributed by atoms with Crippen LogP contribution in [0, 0.1) is 0 Å². The summed E-state index contributed by atoms with van der Waals surface area (Å²) in [6.45, 7) is 4.04. The summed E-state index contributed by atoms with van der Waals surface area (Å²) in [4.78, 5) is 54.4. The van der Waals surface area contributed by atoms with Crippen molar-refractivity contribution in [3.05, 3.63) is 53.9 Å². The minimum atomic E-state index is -1.01. The first-order valence-electron chi connectivity index (χ1n) is 12.7. The van der Waals surface area contributed by atoms with E-state index in [1.807, 2.05) is 24.3 Å². The predicted octanol–water partition coefficient (Wildman–Crippen LogP) is 2.35. The van der Waals surface area contributed by atoms with Gasteiger partial charge in [0.25, 0.3) is 5.91 Å². The second-order valence-electron chi connectivity index (χ2n) is 8.68. The van der Waals surface area contributed by atoms with Crippen LogP contribution >= 0.6 is 0 Å². The first kappa shape index (κ1) is 28.0. The summed E-state index contributed by atoms with van der Waals surface area (Å²) in [5.74, 6) is -1.38. The number of ether oxygens (including phenoxy) is 2. The van der Waals surface area contributed by atoms with Gasteiger partial charge in [0.1, 0.15) is 6.04 Å². The standard InChI is InChI=1S/C27H30N8O5/c1-3-39-21(36)12-11-20(26(38)40-4-2)33-25(37)18-9-10-19(17-8-6-5-7-16(17)18)30-13-15-14-31-24-22(32-15)23(28)34-27(29)35-24/h5-10,14,20,30H,3-4,11-13H2,1-2H3,(H,33,37)(H4,28,29,31,34,35)/t20-/m0/s1. The van der Waals surface area contributed by atoms with E-state index in [-0.39, 0.29) is 37.8 Å². The second kappa shape index (κ2) is 12.7. The molecule has 2 heterocycles. The molecule has 4 aromatic rings. The highest BCUT2D eigenvalue weighted by molar-refractivity contribution is 6.11. The number of carbonyl (C=O) groups excluding carboxylic acids is 3. The zero-order chi connectivity index (χ0) is 28.6. The van der Waals surface area contributed by atoms with Crippen LogP contribution in [0.3, 0.4) is 0 Å². The Morgan fingerprint density at radius 1 is 0.950 bits per heavy atom. The summed E-state index contributed by atoms with van der Waals surface area (Å²) in [7, 11) is 0. The number of anilines is 3. The maximum Gasteiger partial charge on any atom is 0.328 e. The zero-order valence-electron chi connectivity index (χ0n) is 22.1. The van der Waals surface area contributed by atoms with E-state index < -0.39 is 23.9 Å². The van der Waals surface area contributed by atoms with Gasteiger partial charge in [-0.3, -0.25) is 9.59 Å². The first-order chi connectivity index (χ1) is 19.3. The fourth-order valence-corrected chi connectivity index (χ4v) is 4.13. The lowest BCUT2D eigenvalue weighted by Gasteiger charge is -2.18. The lowest BCUT2D eigenvalue weighted by Crippen LogP contribution is -2.42. The highest BCUT2D eigenvalue weighted by Crippen LogP contribution is 2.27. The molecule has 208 valence electrons. The Morgan fingerprint density at radius 3 is 2.45 bits per heavy atom. The molecular weight excluding hydrogens is 516 g/mol. The van der Waals surface area contributed by atoms with Crippen molar-refractivity contribution in [2.45, 2.75) is 39.3 Å². The van der Waals surface area contributed by atoms with E-state index in [0.717, 1.165) is 11.1 Å². The molecule has 0 saturated heterocycles. The molecule has 0 radical (unpaired) electrons. The number of nitrogen functional groups attached to an aromatic ring is 2. The second-order valence-corrected chi connectivity index (χ2v) is 8.68. The summed E-state index contributed by atoms with van der Waals surface area (Å²) >= 11 is 0. The molecule has 40 heavy (non-hydrogen) atoms. The van der Waals surface area contributed by atoms with Crippen LogP contribution in [-0.2, 0) is 25.6 Å². The number of hydrogen-bond donors (Lipinski definition) is 4. The van der Waals surface area contributed by atoms with Crippen LogP contribution in [-0.4, -0.2) is 57.0 Å². The summed E-state index contributed by atoms with van der Waals surface area (Å²) in [6.07, 6.45) is 1.58. The highest BCUT2D eigenvalue weighted by atomic mass is 16.5. The number of nitrogens with zero attached hydrogens (tertiary/aromatic N) is 4. The van der Waals surface area contributed by atoms with Crippen LogP contribution in [0.4, 0.5) is 17.5 Å². The SMILES string of the molecule is CCOC(=O)CC[C@H](NC(=O)c1ccc(NCc2cnc3nc(N)nc(N)c3n2)c2ccccc12)C(=O)OCC. The van der Waals surface area contributed by atoms with Crippen molar-refractivity contribution < 1.29 is 23.9 Å². The van der Waals surface area contributed by atoms with Crippen molar-refractivity contribution in [2.75, 3.05) is 30.0 Å². The molecule has 1 atom stereocenters. The molecule has 2 aromatic heterocycles. The number of nitrogens with two attached hydrogens (primary N) is 2. The van der Waals surface area contributed by atoms with Crippen LogP contribution < -0.4 is 22.1 Å². The largest absolute Gasteiger partial charge is 0.466 e. The Kier molecular flexibility index (Phi) is 8.84. The Balaban J connectivity index is 1.54. The van der Waals surface area contributed by atoms with Crippen molar-refractivity contribution in [1.82, 2.24) is 25.3 Å². The van der Waals surface area contributed by atoms with Crippen LogP contribution in [0.15, 0.2) is 42.6 Å². The predicted molar refractivity (Wildman–Crippen MR) is 149 cm³/mol. The van der Waals surface area contributed by atoms with Gasteiger partial charge < -0.3 is 31.6 Å². The number of amides is 1. The van der Waals surface area contributed by atoms with Crippen molar-refractivity contribution >= 4 is 57.2 Å². The Hall–Kier alpha value is -5.07. The third-order valence-corrected chi connectivity index (χ3v) is 5.95. The van der Waals surface area contributed by atoms with Crippen LogP contribution in [0.2, 0.25) is 0 Å². The number of nitrogens with one attached hydrogen (secondary N) is 2. The number of rotatable bonds is 11. The van der Waals surface area contributed by atoms with Crippen molar-refractivity contribution in [3.63, 3.8) is 0 Å². The minimum absolute atomic E-state index is 0.0216. The summed E-state index contributed by atoms with van der Waals surface area (Å²) in [5, 5.41) is 7.48. The van der Waals surface area contributed by atoms with Crippen molar-refractivity contribution in [1.29, 1.82) is 0 Å². The number of esters is 2. The minimum Gasteiger partial charge on any atom is -0.466 e. The van der Waals surface area contributed by atoms with Gasteiger partial charge in [-0.15, -0.1) is 0 Å². The van der Waals surface area contributed by atoms with Crippen LogP contribution in [0.1, 0.15) is 42.7 Å². The number of aromatic nitrogens is 4. The quantitative estimate of drug-likeness (QED) is 0.201. The molecule has 0 spiro atoms. The molecule has 0 aliphatic heterocycles. The van der Waals surface area contributed by atoms with Gasteiger partial charge in [-0.2, -0.15) is 9.97 Å². The first-order valence-corrected chi connectivity index (χ1v) is 12.7. The van der Waals surface area contributed by atoms with E-state index >= 15 is 0 Å². The van der Waals surface area contributed by atoms with Crippen molar-refractivity contribution in [2.24, 2.45) is 0 Å². The molecule has 0 bridgehead atoms. The van der Waals surface area contributed by atoms with Gasteiger partial charge in [0.05, 0.1) is 31.6 Å². The van der Waals surface area contributed by atoms with E-state index in [9.17, 15) is 14.4 Å². The third kappa shape index (κ3) is 6.49. The van der Waals surface area contributed by atoms with Gasteiger partial charge in [-0.25, -0.2) is 14.8 Å². The molecule has 0 fully saturated rings. The Labute approximate surface area is 229 Å². The summed E-state index contributed by atoms with van der Waals surface area (Å²) < 4.78 is 10.0. The molecule has 0 aliphatic carbocycles. The fourth-order valence-electron chi connectivity index (χ4n) is 4.13. The zero-order valence-corrected chi connectivity index (χ0v) is 22.1. The average molecular weight is 547 g/mol. The molecule has 13 heteroatoms. The lowest BCUT2D eigenvalue weighted by atomic mass is 10.0. The third-order valence-electron chi connectivity index (χ3n) is 5.95. The normalized spacial score (nSPS) is 11.7. The molecule has 6 N–H and O–H groups in total. The Bertz CT molecular complexity index is 1560. The van der Waals surface area contributed by atoms with E-state index in [2.05, 4.69) is 30.6 Å². The van der Waals surface area contributed by atoms with Gasteiger partial charge in [-0.1, -0.05) is 24.3 Å². The fraction of sp³-hybridized carbons (Fsp3) is 0.296. The number of hydrogen-bond acceptors (Lipinski definition) is 12. The monoisotopic (exact) mass is 546 g/mol. The maximum atomic E-state index is 13.3. The lowest BCUT2D eigenvalue weighted by molar-refractivity contribution is -0.146. The van der Waals surface area contributed by atoms with Gasteiger partial charge >= 0.3 is 11.9 Å². The molecule has 0 aliphatic rings. The van der Waals surface area contributed by atoms with E-state index in [1.54, 1.807) is 32.2 Å². The van der Waals surface area contributed by atoms with E-state index in [4.69, 9.17) is 20.9 Å². The molecule has 1 amide bonds. The summed E-state index contributed by atoms with van der Waals surface area (Å²) in [5.41, 5.74) is 13.9. The van der Waals surface area contributed by atoms with Gasteiger partial charge in [0.15, 0.2) is 17.0 Å². The molecule has 2 aromatic carbocycles. The average Bonchev–Trinajstić information content (AvgIpc) is 2.94. The van der Waals surface area contributed by atoms with E-state index in [0.29, 0.717) is 34.4 Å². The molecule has 4 rings (SSSR count). The molecule has 0 unspecified atom stereocenters. The molecule has 0 saturated carbocycles. The molecule has 13 nitrogen and oxygen atoms in total. The maximum absolute atomic E-state index is 13.3. The van der Waals surface area contributed by atoms with E-state index in [1.165, 1.54) is 0 Å². The number of carbonyl (C=O) groups is 3. The van der Waals surface area contributed by atoms with Crippen LogP contribution in [0.5, 0.6) is 0 Å². The molecular formula is C27H30N8O5. The Morgan fingerprint density at radius 2 is 1.70 bits per heavy atom. The van der Waals surface area contributed by atoms with Gasteiger partial charge in [0.2, 0.25) is 5.95 Å². The van der Waals surface area contributed by atoms with Gasteiger partial charge in [0, 0.05) is 23.1 Å².